The van der Waals surface area contributed by atoms with E-state index in [1.807, 2.05) is 54.1 Å². The summed E-state index contributed by atoms with van der Waals surface area (Å²) in [5.41, 5.74) is 1.84. The molecule has 0 saturated carbocycles. The highest BCUT2D eigenvalue weighted by molar-refractivity contribution is 7.08. The maximum Gasteiger partial charge on any atom is 0.333 e. The topological polar surface area (TPSA) is 38.3 Å². The van der Waals surface area contributed by atoms with Gasteiger partial charge in [-0.2, -0.15) is 11.3 Å². The first-order valence-electron chi connectivity index (χ1n) is 5.81. The number of hydrogen-bond donors (Lipinski definition) is 1. The molecular formula is C14H15NO2S. The highest BCUT2D eigenvalue weighted by Gasteiger charge is 2.21. The Labute approximate surface area is 110 Å². The van der Waals surface area contributed by atoms with E-state index >= 15 is 0 Å². The lowest BCUT2D eigenvalue weighted by Crippen LogP contribution is -2.23. The van der Waals surface area contributed by atoms with Crippen molar-refractivity contribution in [1.82, 2.24) is 0 Å². The molecule has 1 aromatic heterocycles. The first-order valence-corrected chi connectivity index (χ1v) is 6.76. The molecule has 0 aliphatic rings. The molecule has 3 nitrogen and oxygen atoms in total. The van der Waals surface area contributed by atoms with Crippen molar-refractivity contribution < 1.29 is 9.53 Å². The summed E-state index contributed by atoms with van der Waals surface area (Å²) >= 11 is 1.59. The molecule has 1 N–H and O–H groups in total. The van der Waals surface area contributed by atoms with Crippen molar-refractivity contribution in [3.05, 3.63) is 52.7 Å². The molecule has 1 aromatic carbocycles. The summed E-state index contributed by atoms with van der Waals surface area (Å²) in [6.07, 6.45) is 0. The molecule has 94 valence electrons. The minimum absolute atomic E-state index is 0.255. The van der Waals surface area contributed by atoms with Crippen molar-refractivity contribution in [2.75, 3.05) is 11.9 Å². The maximum atomic E-state index is 12.0. The van der Waals surface area contributed by atoms with Crippen molar-refractivity contribution in [2.45, 2.75) is 13.0 Å². The molecule has 0 spiro atoms. The van der Waals surface area contributed by atoms with Gasteiger partial charge in [-0.05, 0) is 23.9 Å². The van der Waals surface area contributed by atoms with Crippen LogP contribution in [-0.2, 0) is 9.53 Å². The highest BCUT2D eigenvalue weighted by atomic mass is 32.1. The standard InChI is InChI=1S/C14H15NO2S/c1-2-17-14(16)13(11-6-4-3-5-7-11)15-12-8-9-18-10-12/h3-10,13,15H,2H2,1H3. The highest BCUT2D eigenvalue weighted by Crippen LogP contribution is 2.22. The van der Waals surface area contributed by atoms with Gasteiger partial charge in [0.1, 0.15) is 0 Å². The van der Waals surface area contributed by atoms with Gasteiger partial charge in [0.25, 0.3) is 0 Å². The molecule has 2 rings (SSSR count). The Morgan fingerprint density at radius 2 is 2.11 bits per heavy atom. The van der Waals surface area contributed by atoms with E-state index in [2.05, 4.69) is 5.32 Å². The molecule has 18 heavy (non-hydrogen) atoms. The van der Waals surface area contributed by atoms with Crippen LogP contribution >= 0.6 is 11.3 Å². The first kappa shape index (κ1) is 12.6. The zero-order valence-electron chi connectivity index (χ0n) is 10.1. The summed E-state index contributed by atoms with van der Waals surface area (Å²) in [7, 11) is 0. The molecule has 0 aliphatic carbocycles. The van der Waals surface area contributed by atoms with E-state index in [1.165, 1.54) is 0 Å². The fourth-order valence-corrected chi connectivity index (χ4v) is 2.26. The van der Waals surface area contributed by atoms with E-state index in [4.69, 9.17) is 4.74 Å². The first-order chi connectivity index (χ1) is 8.81. The van der Waals surface area contributed by atoms with Gasteiger partial charge in [-0.25, -0.2) is 4.79 Å². The fraction of sp³-hybridized carbons (Fsp3) is 0.214. The number of carbonyl (C=O) groups is 1. The lowest BCUT2D eigenvalue weighted by atomic mass is 10.1. The van der Waals surface area contributed by atoms with Crippen LogP contribution in [0.5, 0.6) is 0 Å². The van der Waals surface area contributed by atoms with Gasteiger partial charge >= 0.3 is 5.97 Å². The van der Waals surface area contributed by atoms with Crippen LogP contribution in [0.4, 0.5) is 5.69 Å². The molecule has 1 unspecified atom stereocenters. The molecule has 0 fully saturated rings. The maximum absolute atomic E-state index is 12.0. The summed E-state index contributed by atoms with van der Waals surface area (Å²) in [5, 5.41) is 7.13. The van der Waals surface area contributed by atoms with Gasteiger partial charge in [-0.3, -0.25) is 0 Å². The smallest absolute Gasteiger partial charge is 0.333 e. The molecule has 0 amide bonds. The van der Waals surface area contributed by atoms with Crippen molar-refractivity contribution in [2.24, 2.45) is 0 Å². The Bertz CT molecular complexity index is 482. The number of rotatable bonds is 5. The average Bonchev–Trinajstić information content (AvgIpc) is 2.90. The van der Waals surface area contributed by atoms with Crippen molar-refractivity contribution in [1.29, 1.82) is 0 Å². The molecule has 4 heteroatoms. The number of esters is 1. The minimum Gasteiger partial charge on any atom is -0.464 e. The van der Waals surface area contributed by atoms with E-state index in [9.17, 15) is 4.79 Å². The quantitative estimate of drug-likeness (QED) is 0.838. The second-order valence-corrected chi connectivity index (χ2v) is 4.53. The molecule has 0 saturated heterocycles. The summed E-state index contributed by atoms with van der Waals surface area (Å²) < 4.78 is 5.11. The van der Waals surface area contributed by atoms with Crippen molar-refractivity contribution >= 4 is 23.0 Å². The summed E-state index contributed by atoms with van der Waals surface area (Å²) in [6, 6.07) is 11.1. The van der Waals surface area contributed by atoms with E-state index in [-0.39, 0.29) is 5.97 Å². The number of ether oxygens (including phenoxy) is 1. The second-order valence-electron chi connectivity index (χ2n) is 3.75. The number of carbonyl (C=O) groups excluding carboxylic acids is 1. The van der Waals surface area contributed by atoms with Crippen molar-refractivity contribution in [3.8, 4) is 0 Å². The summed E-state index contributed by atoms with van der Waals surface area (Å²) in [4.78, 5) is 12.0. The predicted molar refractivity (Wildman–Crippen MR) is 73.8 cm³/mol. The lowest BCUT2D eigenvalue weighted by molar-refractivity contribution is -0.144. The second kappa shape index (κ2) is 6.21. The van der Waals surface area contributed by atoms with E-state index in [1.54, 1.807) is 11.3 Å². The van der Waals surface area contributed by atoms with Gasteiger partial charge in [0, 0.05) is 11.1 Å². The van der Waals surface area contributed by atoms with Crippen LogP contribution in [0.3, 0.4) is 0 Å². The van der Waals surface area contributed by atoms with Crippen molar-refractivity contribution in [3.63, 3.8) is 0 Å². The van der Waals surface area contributed by atoms with Gasteiger partial charge in [-0.1, -0.05) is 30.3 Å². The summed E-state index contributed by atoms with van der Waals surface area (Å²) in [6.45, 7) is 2.19. The Morgan fingerprint density at radius 1 is 1.33 bits per heavy atom. The third-order valence-electron chi connectivity index (χ3n) is 2.49. The molecule has 0 radical (unpaired) electrons. The number of hydrogen-bond acceptors (Lipinski definition) is 4. The van der Waals surface area contributed by atoms with Gasteiger partial charge < -0.3 is 10.1 Å². The van der Waals surface area contributed by atoms with Crippen LogP contribution in [0.1, 0.15) is 18.5 Å². The van der Waals surface area contributed by atoms with Crippen LogP contribution < -0.4 is 5.32 Å². The van der Waals surface area contributed by atoms with Crippen LogP contribution in [0, 0.1) is 0 Å². The van der Waals surface area contributed by atoms with E-state index < -0.39 is 6.04 Å². The zero-order chi connectivity index (χ0) is 12.8. The molecule has 2 aromatic rings. The molecular weight excluding hydrogens is 246 g/mol. The molecule has 0 bridgehead atoms. The third kappa shape index (κ3) is 3.11. The molecule has 0 aliphatic heterocycles. The largest absolute Gasteiger partial charge is 0.464 e. The van der Waals surface area contributed by atoms with Crippen LogP contribution in [-0.4, -0.2) is 12.6 Å². The minimum atomic E-state index is -0.458. The van der Waals surface area contributed by atoms with Crippen LogP contribution in [0.15, 0.2) is 47.2 Å². The fourth-order valence-electron chi connectivity index (χ4n) is 1.66. The number of anilines is 1. The van der Waals surface area contributed by atoms with Gasteiger partial charge in [-0.15, -0.1) is 0 Å². The molecule has 1 heterocycles. The van der Waals surface area contributed by atoms with Crippen LogP contribution in [0.25, 0.3) is 0 Å². The summed E-state index contributed by atoms with van der Waals surface area (Å²) in [5.74, 6) is -0.255. The lowest BCUT2D eigenvalue weighted by Gasteiger charge is -2.17. The monoisotopic (exact) mass is 261 g/mol. The Hall–Kier alpha value is -1.81. The Morgan fingerprint density at radius 3 is 2.72 bits per heavy atom. The average molecular weight is 261 g/mol. The van der Waals surface area contributed by atoms with Crippen LogP contribution in [0.2, 0.25) is 0 Å². The normalized spacial score (nSPS) is 11.8. The van der Waals surface area contributed by atoms with Gasteiger partial charge in [0.2, 0.25) is 0 Å². The Kier molecular flexibility index (Phi) is 4.36. The number of nitrogens with one attached hydrogen (secondary N) is 1. The SMILES string of the molecule is CCOC(=O)C(Nc1ccsc1)c1ccccc1. The van der Waals surface area contributed by atoms with Gasteiger partial charge in [0.15, 0.2) is 6.04 Å². The Balaban J connectivity index is 2.20. The van der Waals surface area contributed by atoms with E-state index in [0.29, 0.717) is 6.61 Å². The zero-order valence-corrected chi connectivity index (χ0v) is 10.9. The predicted octanol–water partition coefficient (Wildman–Crippen LogP) is 3.46. The number of benzene rings is 1. The molecule has 1 atom stereocenters. The van der Waals surface area contributed by atoms with Gasteiger partial charge in [0.05, 0.1) is 6.61 Å². The van der Waals surface area contributed by atoms with E-state index in [0.717, 1.165) is 11.3 Å². The number of thiophene rings is 1. The third-order valence-corrected chi connectivity index (χ3v) is 3.17.